The van der Waals surface area contributed by atoms with Crippen LogP contribution >= 0.6 is 0 Å². The molecule has 0 bridgehead atoms. The molecule has 2 aliphatic heterocycles. The molecule has 0 N–H and O–H groups in total. The molecule has 2 unspecified atom stereocenters. The van der Waals surface area contributed by atoms with Gasteiger partial charge in [0, 0.05) is 24.7 Å². The highest BCUT2D eigenvalue weighted by Gasteiger charge is 2.52. The summed E-state index contributed by atoms with van der Waals surface area (Å²) in [6, 6.07) is 7.56. The van der Waals surface area contributed by atoms with Gasteiger partial charge in [0.2, 0.25) is 0 Å². The van der Waals surface area contributed by atoms with E-state index in [9.17, 15) is 31.1 Å². The van der Waals surface area contributed by atoms with Gasteiger partial charge in [0.15, 0.2) is 6.10 Å². The van der Waals surface area contributed by atoms with Crippen molar-refractivity contribution in [3.05, 3.63) is 59.4 Å². The van der Waals surface area contributed by atoms with Crippen LogP contribution in [0.2, 0.25) is 0 Å². The molecule has 0 saturated carbocycles. The maximum atomic E-state index is 13.6. The number of ether oxygens (including phenoxy) is 3. The Hall–Kier alpha value is -2.86. The van der Waals surface area contributed by atoms with E-state index in [0.717, 1.165) is 12.1 Å². The second kappa shape index (κ2) is 8.73. The summed E-state index contributed by atoms with van der Waals surface area (Å²) < 4.78 is 95.0. The number of halogens is 6. The Morgan fingerprint density at radius 1 is 1.21 bits per heavy atom. The maximum Gasteiger partial charge on any atom is 0.425 e. The molecule has 0 aliphatic carbocycles. The number of hydrogen-bond donors (Lipinski definition) is 0. The molecule has 2 aliphatic rings. The van der Waals surface area contributed by atoms with E-state index in [0.29, 0.717) is 25.1 Å². The fourth-order valence-electron chi connectivity index (χ4n) is 4.07. The zero-order valence-electron chi connectivity index (χ0n) is 17.8. The number of amides is 1. The fourth-order valence-corrected chi connectivity index (χ4v) is 4.07. The Morgan fingerprint density at radius 3 is 2.62 bits per heavy atom. The van der Waals surface area contributed by atoms with Gasteiger partial charge in [0.05, 0.1) is 17.8 Å². The van der Waals surface area contributed by atoms with Crippen LogP contribution in [0.5, 0.6) is 5.75 Å². The van der Waals surface area contributed by atoms with Crippen LogP contribution in [0, 0.1) is 0 Å². The molecule has 0 radical (unpaired) electrons. The summed E-state index contributed by atoms with van der Waals surface area (Å²) in [7, 11) is 0. The largest absolute Gasteiger partial charge is 0.481 e. The van der Waals surface area contributed by atoms with Gasteiger partial charge in [-0.1, -0.05) is 6.07 Å². The van der Waals surface area contributed by atoms with Crippen molar-refractivity contribution in [2.45, 2.75) is 43.5 Å². The number of carbonyl (C=O) groups is 1. The quantitative estimate of drug-likeness (QED) is 0.589. The summed E-state index contributed by atoms with van der Waals surface area (Å²) >= 11 is 0. The van der Waals surface area contributed by atoms with Gasteiger partial charge in [-0.2, -0.15) is 26.3 Å². The molecule has 2 aromatic rings. The SMILES string of the molecule is CC(Oc1ccc(C(=O)N2CC[C@]3(c4ccccn4)OCOC3C2)cc1C(F)(F)F)C(F)(F)F. The number of piperidine rings is 1. The lowest BCUT2D eigenvalue weighted by molar-refractivity contribution is -0.191. The van der Waals surface area contributed by atoms with E-state index in [4.69, 9.17) is 9.47 Å². The molecule has 4 rings (SSSR count). The van der Waals surface area contributed by atoms with Crippen molar-refractivity contribution in [2.24, 2.45) is 0 Å². The Bertz CT molecular complexity index is 1050. The second-order valence-electron chi connectivity index (χ2n) is 8.03. The van der Waals surface area contributed by atoms with E-state index in [-0.39, 0.29) is 25.4 Å². The monoisotopic (exact) mass is 490 g/mol. The lowest BCUT2D eigenvalue weighted by Crippen LogP contribution is -2.53. The van der Waals surface area contributed by atoms with Crippen LogP contribution in [-0.4, -0.2) is 54.1 Å². The third-order valence-electron chi connectivity index (χ3n) is 5.93. The number of pyridine rings is 1. The van der Waals surface area contributed by atoms with Crippen molar-refractivity contribution in [3.8, 4) is 5.75 Å². The van der Waals surface area contributed by atoms with E-state index in [1.807, 2.05) is 0 Å². The lowest BCUT2D eigenvalue weighted by atomic mass is 9.85. The molecular weight excluding hydrogens is 470 g/mol. The minimum Gasteiger partial charge on any atom is -0.481 e. The molecule has 2 saturated heterocycles. The van der Waals surface area contributed by atoms with Gasteiger partial charge in [-0.25, -0.2) is 0 Å². The number of hydrogen-bond acceptors (Lipinski definition) is 5. The molecule has 1 amide bonds. The minimum absolute atomic E-state index is 0.0229. The maximum absolute atomic E-state index is 13.6. The number of aromatic nitrogens is 1. The Labute approximate surface area is 190 Å². The summed E-state index contributed by atoms with van der Waals surface area (Å²) in [5.41, 5.74) is -2.04. The van der Waals surface area contributed by atoms with Crippen molar-refractivity contribution in [2.75, 3.05) is 19.9 Å². The van der Waals surface area contributed by atoms with E-state index in [2.05, 4.69) is 9.72 Å². The standard InChI is InChI=1S/C22H20F6N2O4/c1-13(21(23,24)25)34-16-6-5-14(10-15(16)22(26,27)28)19(31)30-9-7-20(17-4-2-3-8-29-17)18(11-30)32-12-33-20/h2-6,8,10,13,18H,7,9,11-12H2,1H3/t13?,18?,20-/m1/s1. The molecular formula is C22H20F6N2O4. The summed E-state index contributed by atoms with van der Waals surface area (Å²) in [6.45, 7) is 0.773. The van der Waals surface area contributed by atoms with Crippen molar-refractivity contribution in [1.82, 2.24) is 9.88 Å². The number of benzene rings is 1. The zero-order valence-corrected chi connectivity index (χ0v) is 17.8. The average Bonchev–Trinajstić information content (AvgIpc) is 3.22. The first-order chi connectivity index (χ1) is 15.9. The molecule has 6 nitrogen and oxygen atoms in total. The van der Waals surface area contributed by atoms with Gasteiger partial charge in [-0.3, -0.25) is 9.78 Å². The fraction of sp³-hybridized carbons (Fsp3) is 0.455. The van der Waals surface area contributed by atoms with Crippen LogP contribution in [0.15, 0.2) is 42.6 Å². The van der Waals surface area contributed by atoms with Gasteiger partial charge in [0.25, 0.3) is 5.91 Å². The number of likely N-dealkylation sites (tertiary alicyclic amines) is 1. The van der Waals surface area contributed by atoms with Crippen molar-refractivity contribution in [3.63, 3.8) is 0 Å². The average molecular weight is 490 g/mol. The Balaban J connectivity index is 1.57. The van der Waals surface area contributed by atoms with Crippen molar-refractivity contribution in [1.29, 1.82) is 0 Å². The third-order valence-corrected chi connectivity index (χ3v) is 5.93. The van der Waals surface area contributed by atoms with Crippen molar-refractivity contribution >= 4 is 5.91 Å². The summed E-state index contributed by atoms with van der Waals surface area (Å²) in [4.78, 5) is 18.7. The van der Waals surface area contributed by atoms with E-state index >= 15 is 0 Å². The number of rotatable bonds is 4. The molecule has 12 heteroatoms. The van der Waals surface area contributed by atoms with Gasteiger partial charge >= 0.3 is 12.4 Å². The highest BCUT2D eigenvalue weighted by atomic mass is 19.4. The topological polar surface area (TPSA) is 60.9 Å². The van der Waals surface area contributed by atoms with E-state index in [1.54, 1.807) is 24.4 Å². The first-order valence-electron chi connectivity index (χ1n) is 10.3. The van der Waals surface area contributed by atoms with Crippen LogP contribution < -0.4 is 4.74 Å². The Kier molecular flexibility index (Phi) is 6.23. The summed E-state index contributed by atoms with van der Waals surface area (Å²) in [5, 5.41) is 0. The summed E-state index contributed by atoms with van der Waals surface area (Å²) in [5.74, 6) is -1.72. The van der Waals surface area contributed by atoms with Crippen LogP contribution in [0.1, 0.15) is 35.0 Å². The molecule has 0 spiro atoms. The normalized spacial score (nSPS) is 24.0. The molecule has 34 heavy (non-hydrogen) atoms. The first kappa shape index (κ1) is 24.3. The molecule has 3 heterocycles. The second-order valence-corrected chi connectivity index (χ2v) is 8.03. The third kappa shape index (κ3) is 4.56. The van der Waals surface area contributed by atoms with Gasteiger partial charge in [-0.05, 0) is 37.3 Å². The molecule has 184 valence electrons. The van der Waals surface area contributed by atoms with Crippen LogP contribution in [0.4, 0.5) is 26.3 Å². The predicted octanol–water partition coefficient (Wildman–Crippen LogP) is 4.54. The predicted molar refractivity (Wildman–Crippen MR) is 105 cm³/mol. The van der Waals surface area contributed by atoms with Crippen LogP contribution in [0.25, 0.3) is 0 Å². The number of fused-ring (bicyclic) bond motifs is 1. The first-order valence-corrected chi connectivity index (χ1v) is 10.3. The number of alkyl halides is 6. The molecule has 1 aromatic carbocycles. The number of carbonyl (C=O) groups excluding carboxylic acids is 1. The van der Waals surface area contributed by atoms with Gasteiger partial charge in [-0.15, -0.1) is 0 Å². The highest BCUT2D eigenvalue weighted by molar-refractivity contribution is 5.94. The molecule has 3 atom stereocenters. The molecule has 1 aromatic heterocycles. The zero-order chi connectivity index (χ0) is 24.7. The van der Waals surface area contributed by atoms with Crippen LogP contribution in [0.3, 0.4) is 0 Å². The van der Waals surface area contributed by atoms with E-state index < -0.39 is 47.4 Å². The van der Waals surface area contributed by atoms with Crippen molar-refractivity contribution < 1.29 is 45.3 Å². The summed E-state index contributed by atoms with van der Waals surface area (Å²) in [6.07, 6.45) is -11.0. The van der Waals surface area contributed by atoms with Gasteiger partial charge in [0.1, 0.15) is 24.2 Å². The highest BCUT2D eigenvalue weighted by Crippen LogP contribution is 2.42. The van der Waals surface area contributed by atoms with E-state index in [1.165, 1.54) is 4.90 Å². The lowest BCUT2D eigenvalue weighted by Gasteiger charge is -2.41. The van der Waals surface area contributed by atoms with Gasteiger partial charge < -0.3 is 19.1 Å². The number of nitrogens with zero attached hydrogens (tertiary/aromatic N) is 2. The van der Waals surface area contributed by atoms with Crippen LogP contribution in [-0.2, 0) is 21.3 Å². The molecule has 2 fully saturated rings. The minimum atomic E-state index is -5.03. The Morgan fingerprint density at radius 2 is 1.97 bits per heavy atom. The smallest absolute Gasteiger partial charge is 0.425 e.